The molecule has 0 aromatic heterocycles. The highest BCUT2D eigenvalue weighted by Gasteiger charge is 2.07. The van der Waals surface area contributed by atoms with Crippen molar-refractivity contribution in [1.29, 1.82) is 0 Å². The molecule has 0 unspecified atom stereocenters. The number of nitrogens with zero attached hydrogens (tertiary/aromatic N) is 1. The number of nitro groups is 1. The predicted molar refractivity (Wildman–Crippen MR) is 79.8 cm³/mol. The van der Waals surface area contributed by atoms with Crippen LogP contribution in [0.1, 0.15) is 11.1 Å². The molecule has 7 heteroatoms. The van der Waals surface area contributed by atoms with Gasteiger partial charge in [0.05, 0.1) is 4.92 Å². The fourth-order valence-electron chi connectivity index (χ4n) is 1.83. The lowest BCUT2D eigenvalue weighted by molar-refractivity contribution is -0.385. The van der Waals surface area contributed by atoms with Gasteiger partial charge in [0.25, 0.3) is 5.69 Å². The van der Waals surface area contributed by atoms with Crippen molar-refractivity contribution < 1.29 is 19.2 Å². The van der Waals surface area contributed by atoms with Crippen LogP contribution in [-0.4, -0.2) is 10.8 Å². The van der Waals surface area contributed by atoms with Gasteiger partial charge in [-0.3, -0.25) is 14.9 Å². The molecule has 1 N–H and O–H groups in total. The average molecular weight is 315 g/mol. The topological polar surface area (TPSA) is 95.3 Å². The van der Waals surface area contributed by atoms with E-state index in [9.17, 15) is 24.4 Å². The summed E-state index contributed by atoms with van der Waals surface area (Å²) in [5.74, 6) is -1.41. The summed E-state index contributed by atoms with van der Waals surface area (Å²) >= 11 is 0. The second-order valence-electron chi connectivity index (χ2n) is 4.62. The first kappa shape index (κ1) is 16.2. The van der Waals surface area contributed by atoms with E-state index in [4.69, 9.17) is 0 Å². The largest absolute Gasteiger partial charge is 0.872 e. The van der Waals surface area contributed by atoms with E-state index in [2.05, 4.69) is 5.32 Å². The van der Waals surface area contributed by atoms with Crippen molar-refractivity contribution in [3.8, 4) is 5.75 Å². The number of amides is 1. The highest BCUT2D eigenvalue weighted by atomic mass is 19.1. The Balaban J connectivity index is 2.01. The molecule has 2 aromatic rings. The summed E-state index contributed by atoms with van der Waals surface area (Å²) in [6, 6.07) is 9.24. The monoisotopic (exact) mass is 315 g/mol. The SMILES string of the molecule is O=C(/C=C/c1ccccc1F)NCc1cc([N+](=O)[O-])ccc1[O-]. The fourth-order valence-corrected chi connectivity index (χ4v) is 1.83. The Labute approximate surface area is 131 Å². The van der Waals surface area contributed by atoms with E-state index in [1.165, 1.54) is 24.3 Å². The number of hydrogen-bond donors (Lipinski definition) is 1. The number of halogens is 1. The Hall–Kier alpha value is -3.22. The molecule has 0 aliphatic carbocycles. The van der Waals surface area contributed by atoms with Gasteiger partial charge in [0.2, 0.25) is 5.91 Å². The molecular weight excluding hydrogens is 303 g/mol. The van der Waals surface area contributed by atoms with Crippen LogP contribution < -0.4 is 10.4 Å². The zero-order chi connectivity index (χ0) is 16.8. The van der Waals surface area contributed by atoms with E-state index in [1.54, 1.807) is 6.07 Å². The van der Waals surface area contributed by atoms with E-state index in [1.807, 2.05) is 0 Å². The third-order valence-electron chi connectivity index (χ3n) is 3.03. The zero-order valence-electron chi connectivity index (χ0n) is 11.9. The van der Waals surface area contributed by atoms with E-state index < -0.39 is 22.4 Å². The van der Waals surface area contributed by atoms with Gasteiger partial charge in [-0.25, -0.2) is 4.39 Å². The minimum atomic E-state index is -0.622. The maximum absolute atomic E-state index is 13.4. The van der Waals surface area contributed by atoms with Crippen molar-refractivity contribution in [1.82, 2.24) is 5.32 Å². The Kier molecular flexibility index (Phi) is 5.03. The van der Waals surface area contributed by atoms with Gasteiger partial charge in [-0.1, -0.05) is 24.3 Å². The van der Waals surface area contributed by atoms with Crippen LogP contribution in [0.4, 0.5) is 10.1 Å². The average Bonchev–Trinajstić information content (AvgIpc) is 2.53. The third kappa shape index (κ3) is 4.37. The fraction of sp³-hybridized carbons (Fsp3) is 0.0625. The molecule has 2 aromatic carbocycles. The number of hydrogen-bond acceptors (Lipinski definition) is 4. The van der Waals surface area contributed by atoms with Gasteiger partial charge in [-0.2, -0.15) is 0 Å². The quantitative estimate of drug-likeness (QED) is 0.519. The van der Waals surface area contributed by atoms with Crippen LogP contribution >= 0.6 is 0 Å². The number of carbonyl (C=O) groups excluding carboxylic acids is 1. The van der Waals surface area contributed by atoms with Crippen LogP contribution in [-0.2, 0) is 11.3 Å². The zero-order valence-corrected chi connectivity index (χ0v) is 11.9. The molecule has 0 bridgehead atoms. The molecule has 2 rings (SSSR count). The summed E-state index contributed by atoms with van der Waals surface area (Å²) in [6.07, 6.45) is 2.43. The first-order chi connectivity index (χ1) is 11.0. The molecule has 0 aliphatic rings. The first-order valence-corrected chi connectivity index (χ1v) is 6.62. The second kappa shape index (κ2) is 7.17. The van der Waals surface area contributed by atoms with E-state index in [0.717, 1.165) is 24.3 Å². The molecule has 1 amide bonds. The van der Waals surface area contributed by atoms with Gasteiger partial charge in [0, 0.05) is 30.3 Å². The summed E-state index contributed by atoms with van der Waals surface area (Å²) in [6.45, 7) is -0.152. The summed E-state index contributed by atoms with van der Waals surface area (Å²) < 4.78 is 13.4. The standard InChI is InChI=1S/C16H13FN2O4/c17-14-4-2-1-3-11(14)5-8-16(21)18-10-12-9-13(19(22)23)6-7-15(12)20/h1-9,20H,10H2,(H,18,21)/p-1/b8-5+. The van der Waals surface area contributed by atoms with Crippen LogP contribution in [0, 0.1) is 15.9 Å². The van der Waals surface area contributed by atoms with E-state index in [0.29, 0.717) is 0 Å². The molecule has 0 atom stereocenters. The normalized spacial score (nSPS) is 10.7. The summed E-state index contributed by atoms with van der Waals surface area (Å²) in [5, 5.41) is 24.7. The highest BCUT2D eigenvalue weighted by molar-refractivity contribution is 5.91. The molecule has 6 nitrogen and oxygen atoms in total. The Bertz CT molecular complexity index is 774. The van der Waals surface area contributed by atoms with Crippen molar-refractivity contribution in [2.45, 2.75) is 6.54 Å². The number of non-ortho nitro benzene ring substituents is 1. The van der Waals surface area contributed by atoms with Crippen LogP contribution in [0.2, 0.25) is 0 Å². The lowest BCUT2D eigenvalue weighted by Crippen LogP contribution is -2.21. The molecule has 0 saturated heterocycles. The Morgan fingerprint density at radius 1 is 1.26 bits per heavy atom. The van der Waals surface area contributed by atoms with Gasteiger partial charge < -0.3 is 10.4 Å². The highest BCUT2D eigenvalue weighted by Crippen LogP contribution is 2.20. The predicted octanol–water partition coefficient (Wildman–Crippen LogP) is 2.14. The second-order valence-corrected chi connectivity index (χ2v) is 4.62. The smallest absolute Gasteiger partial charge is 0.269 e. The minimum absolute atomic E-state index is 0.104. The van der Waals surface area contributed by atoms with Gasteiger partial charge in [0.15, 0.2) is 0 Å². The number of benzene rings is 2. The van der Waals surface area contributed by atoms with Crippen LogP contribution in [0.5, 0.6) is 5.75 Å². The Morgan fingerprint density at radius 2 is 2.00 bits per heavy atom. The maximum atomic E-state index is 13.4. The van der Waals surface area contributed by atoms with Crippen molar-refractivity contribution in [3.63, 3.8) is 0 Å². The molecular formula is C16H12FN2O4-. The number of rotatable bonds is 5. The van der Waals surface area contributed by atoms with Crippen LogP contribution in [0.15, 0.2) is 48.5 Å². The lowest BCUT2D eigenvalue weighted by atomic mass is 10.1. The van der Waals surface area contributed by atoms with Crippen LogP contribution in [0.25, 0.3) is 6.08 Å². The van der Waals surface area contributed by atoms with Gasteiger partial charge in [0.1, 0.15) is 5.82 Å². The molecule has 0 spiro atoms. The van der Waals surface area contributed by atoms with Crippen molar-refractivity contribution in [2.75, 3.05) is 0 Å². The molecule has 23 heavy (non-hydrogen) atoms. The third-order valence-corrected chi connectivity index (χ3v) is 3.03. The summed E-state index contributed by atoms with van der Waals surface area (Å²) in [7, 11) is 0. The lowest BCUT2D eigenvalue weighted by Gasteiger charge is -2.12. The number of nitrogens with one attached hydrogen (secondary N) is 1. The van der Waals surface area contributed by atoms with Crippen molar-refractivity contribution in [3.05, 3.63) is 75.6 Å². The molecule has 0 heterocycles. The molecule has 0 aliphatic heterocycles. The van der Waals surface area contributed by atoms with Gasteiger partial charge in [-0.05, 0) is 17.7 Å². The van der Waals surface area contributed by atoms with Crippen molar-refractivity contribution >= 4 is 17.7 Å². The van der Waals surface area contributed by atoms with Gasteiger partial charge in [-0.15, -0.1) is 5.75 Å². The van der Waals surface area contributed by atoms with Crippen molar-refractivity contribution in [2.24, 2.45) is 0 Å². The molecule has 0 saturated carbocycles. The minimum Gasteiger partial charge on any atom is -0.872 e. The van der Waals surface area contributed by atoms with E-state index in [-0.39, 0.29) is 23.4 Å². The molecule has 118 valence electrons. The first-order valence-electron chi connectivity index (χ1n) is 6.62. The van der Waals surface area contributed by atoms with Crippen LogP contribution in [0.3, 0.4) is 0 Å². The summed E-state index contributed by atoms with van der Waals surface area (Å²) in [4.78, 5) is 21.7. The maximum Gasteiger partial charge on any atom is 0.269 e. The molecule has 0 fully saturated rings. The Morgan fingerprint density at radius 3 is 2.70 bits per heavy atom. The van der Waals surface area contributed by atoms with E-state index >= 15 is 0 Å². The number of nitro benzene ring substituents is 1. The van der Waals surface area contributed by atoms with Gasteiger partial charge >= 0.3 is 0 Å². The summed E-state index contributed by atoms with van der Waals surface area (Å²) in [5.41, 5.74) is 0.130. The number of carbonyl (C=O) groups is 1. The molecule has 0 radical (unpaired) electrons.